The molecule has 19 heavy (non-hydrogen) atoms. The van der Waals surface area contributed by atoms with Crippen molar-refractivity contribution in [3.8, 4) is 0 Å². The minimum absolute atomic E-state index is 0.175. The van der Waals surface area contributed by atoms with E-state index in [-0.39, 0.29) is 18.8 Å². The van der Waals surface area contributed by atoms with Crippen molar-refractivity contribution in [2.24, 2.45) is 17.8 Å². The van der Waals surface area contributed by atoms with Crippen LogP contribution in [0.4, 0.5) is 26.3 Å². The smallest absolute Gasteiger partial charge is 0.281 e. The molecule has 2 aliphatic carbocycles. The molecule has 2 rings (SSSR count). The fourth-order valence-corrected chi connectivity index (χ4v) is 3.19. The van der Waals surface area contributed by atoms with E-state index in [2.05, 4.69) is 0 Å². The molecule has 0 spiro atoms. The summed E-state index contributed by atoms with van der Waals surface area (Å²) in [6.45, 7) is 0. The highest BCUT2D eigenvalue weighted by Crippen LogP contribution is 2.64. The molecule has 0 saturated heterocycles. The molecule has 0 amide bonds. The van der Waals surface area contributed by atoms with Gasteiger partial charge in [0.2, 0.25) is 0 Å². The number of fused-ring (bicyclic) bond motifs is 1. The van der Waals surface area contributed by atoms with Crippen LogP contribution in [0.15, 0.2) is 0 Å². The van der Waals surface area contributed by atoms with Gasteiger partial charge < -0.3 is 0 Å². The Bertz CT molecular complexity index is 488. The van der Waals surface area contributed by atoms with Gasteiger partial charge in [0, 0.05) is 5.92 Å². The van der Waals surface area contributed by atoms with Crippen LogP contribution in [-0.4, -0.2) is 30.1 Å². The van der Waals surface area contributed by atoms with Crippen LogP contribution in [0.2, 0.25) is 0 Å². The predicted octanol–water partition coefficient (Wildman–Crippen LogP) is 2.78. The molecule has 2 aliphatic rings. The second kappa shape index (κ2) is 3.78. The molecular weight excluding hydrogens is 302 g/mol. The van der Waals surface area contributed by atoms with Crippen LogP contribution in [0.5, 0.6) is 0 Å². The van der Waals surface area contributed by atoms with E-state index in [4.69, 9.17) is 4.55 Å². The van der Waals surface area contributed by atoms with Crippen LogP contribution >= 0.6 is 0 Å². The minimum Gasteiger partial charge on any atom is -0.281 e. The van der Waals surface area contributed by atoms with Crippen molar-refractivity contribution in [2.75, 3.05) is 0 Å². The molecule has 0 aromatic rings. The number of hydrogen-bond acceptors (Lipinski definition) is 2. The van der Waals surface area contributed by atoms with Gasteiger partial charge in [0.25, 0.3) is 0 Å². The summed E-state index contributed by atoms with van der Waals surface area (Å²) in [7, 11) is -6.64. The van der Waals surface area contributed by atoms with Crippen LogP contribution in [0.3, 0.4) is 0 Å². The van der Waals surface area contributed by atoms with Gasteiger partial charge in [0.15, 0.2) is 0 Å². The van der Waals surface area contributed by atoms with Crippen molar-refractivity contribution in [3.05, 3.63) is 0 Å². The highest BCUT2D eigenvalue weighted by Gasteiger charge is 2.81. The fraction of sp³-hybridized carbons (Fsp3) is 1.00. The molecule has 0 bridgehead atoms. The van der Waals surface area contributed by atoms with E-state index < -0.39 is 39.1 Å². The maximum Gasteiger partial charge on any atom is 0.437 e. The maximum atomic E-state index is 13.5. The molecule has 2 fully saturated rings. The molecule has 1 N–H and O–H groups in total. The zero-order valence-electron chi connectivity index (χ0n) is 9.29. The summed E-state index contributed by atoms with van der Waals surface area (Å²) in [5.41, 5.74) is 0. The highest BCUT2D eigenvalue weighted by atomic mass is 32.2. The average molecular weight is 312 g/mol. The summed E-state index contributed by atoms with van der Waals surface area (Å²) in [5, 5.41) is -6.22. The van der Waals surface area contributed by atoms with Crippen molar-refractivity contribution in [3.63, 3.8) is 0 Å². The first kappa shape index (κ1) is 14.9. The largest absolute Gasteiger partial charge is 0.437 e. The van der Waals surface area contributed by atoms with Gasteiger partial charge in [-0.1, -0.05) is 0 Å². The van der Waals surface area contributed by atoms with Gasteiger partial charge in [-0.2, -0.15) is 34.8 Å². The lowest BCUT2D eigenvalue weighted by atomic mass is 9.51. The Balaban J connectivity index is 2.32. The Labute approximate surface area is 104 Å². The first-order chi connectivity index (χ1) is 8.34. The van der Waals surface area contributed by atoms with E-state index in [9.17, 15) is 34.8 Å². The first-order valence-corrected chi connectivity index (χ1v) is 6.88. The van der Waals surface area contributed by atoms with E-state index in [1.807, 2.05) is 0 Å². The van der Waals surface area contributed by atoms with Crippen molar-refractivity contribution < 1.29 is 39.3 Å². The lowest BCUT2D eigenvalue weighted by Crippen LogP contribution is -2.65. The van der Waals surface area contributed by atoms with Gasteiger partial charge in [-0.25, -0.2) is 0 Å². The third-order valence-corrected chi connectivity index (χ3v) is 5.03. The van der Waals surface area contributed by atoms with E-state index in [1.54, 1.807) is 0 Å². The summed E-state index contributed by atoms with van der Waals surface area (Å²) in [6.07, 6.45) is 0.477. The molecule has 0 heterocycles. The molecule has 3 unspecified atom stereocenters. The van der Waals surface area contributed by atoms with Crippen molar-refractivity contribution in [2.45, 2.75) is 36.4 Å². The Kier molecular flexibility index (Phi) is 2.96. The monoisotopic (exact) mass is 312 g/mol. The summed E-state index contributed by atoms with van der Waals surface area (Å²) in [6, 6.07) is 0. The lowest BCUT2D eigenvalue weighted by Gasteiger charge is -2.56. The number of alkyl halides is 6. The van der Waals surface area contributed by atoms with Gasteiger partial charge in [-0.15, -0.1) is 0 Å². The van der Waals surface area contributed by atoms with E-state index in [0.717, 1.165) is 0 Å². The van der Waals surface area contributed by atoms with E-state index in [1.165, 1.54) is 0 Å². The maximum absolute atomic E-state index is 13.5. The van der Waals surface area contributed by atoms with Crippen LogP contribution in [-0.2, 0) is 10.1 Å². The van der Waals surface area contributed by atoms with Crippen LogP contribution in [0, 0.1) is 17.8 Å². The molecule has 0 aromatic heterocycles. The average Bonchev–Trinajstić information content (AvgIpc) is 2.19. The van der Waals surface area contributed by atoms with Gasteiger partial charge in [-0.3, -0.25) is 4.55 Å². The summed E-state index contributed by atoms with van der Waals surface area (Å²) < 4.78 is 108. The van der Waals surface area contributed by atoms with Gasteiger partial charge >= 0.3 is 27.2 Å². The predicted molar refractivity (Wildman–Crippen MR) is 50.7 cm³/mol. The molecular formula is C9H10F6O3S. The Morgan fingerprint density at radius 1 is 1.00 bits per heavy atom. The molecule has 2 saturated carbocycles. The number of halogens is 6. The molecule has 0 aliphatic heterocycles. The topological polar surface area (TPSA) is 54.4 Å². The zero-order chi connectivity index (χ0) is 14.9. The summed E-state index contributed by atoms with van der Waals surface area (Å²) in [4.78, 5) is 0. The summed E-state index contributed by atoms with van der Waals surface area (Å²) >= 11 is 0. The summed E-state index contributed by atoms with van der Waals surface area (Å²) in [5.74, 6) is -14.3. The molecule has 0 radical (unpaired) electrons. The van der Waals surface area contributed by atoms with Gasteiger partial charge in [0.1, 0.15) is 0 Å². The normalized spacial score (nSPS) is 32.3. The molecule has 112 valence electrons. The van der Waals surface area contributed by atoms with Crippen molar-refractivity contribution in [1.29, 1.82) is 0 Å². The third-order valence-electron chi connectivity index (χ3n) is 4.12. The van der Waals surface area contributed by atoms with Crippen LogP contribution in [0.1, 0.15) is 19.3 Å². The second-order valence-corrected chi connectivity index (χ2v) is 6.50. The fourth-order valence-electron chi connectivity index (χ4n) is 2.73. The molecule has 3 nitrogen and oxygen atoms in total. The van der Waals surface area contributed by atoms with E-state index >= 15 is 0 Å². The molecule has 10 heteroatoms. The van der Waals surface area contributed by atoms with Crippen LogP contribution < -0.4 is 0 Å². The third kappa shape index (κ3) is 1.71. The quantitative estimate of drug-likeness (QED) is 0.641. The van der Waals surface area contributed by atoms with Crippen molar-refractivity contribution in [1.82, 2.24) is 0 Å². The van der Waals surface area contributed by atoms with Crippen molar-refractivity contribution >= 4 is 10.1 Å². The molecule has 3 atom stereocenters. The van der Waals surface area contributed by atoms with Gasteiger partial charge in [-0.05, 0) is 31.1 Å². The minimum atomic E-state index is -6.64. The number of hydrogen-bond donors (Lipinski definition) is 1. The Hall–Kier alpha value is -0.510. The molecule has 0 aromatic carbocycles. The lowest BCUT2D eigenvalue weighted by molar-refractivity contribution is -0.327. The number of rotatable bonds is 4. The first-order valence-electron chi connectivity index (χ1n) is 5.44. The Morgan fingerprint density at radius 3 is 1.79 bits per heavy atom. The standard InChI is InChI=1S/C9H10F6O3S/c10-7(11,6-3-4-1-2-5(4)6)8(12,13)9(14,15)19(16,17)18/h4-6H,1-3H2,(H,16,17,18). The van der Waals surface area contributed by atoms with Gasteiger partial charge in [0.05, 0.1) is 0 Å². The van der Waals surface area contributed by atoms with E-state index in [0.29, 0.717) is 6.42 Å². The van der Waals surface area contributed by atoms with Crippen LogP contribution in [0.25, 0.3) is 0 Å². The zero-order valence-corrected chi connectivity index (χ0v) is 10.1. The highest BCUT2D eigenvalue weighted by molar-refractivity contribution is 7.87. The Morgan fingerprint density at radius 2 is 1.53 bits per heavy atom. The SMILES string of the molecule is O=S(=O)(O)C(F)(F)C(F)(F)C(F)(F)C1CC2CCC21. The second-order valence-electron chi connectivity index (χ2n) is 5.03.